The fourth-order valence-corrected chi connectivity index (χ4v) is 2.90. The van der Waals surface area contributed by atoms with Crippen molar-refractivity contribution in [2.45, 2.75) is 38.3 Å². The Morgan fingerprint density at radius 1 is 1.50 bits per heavy atom. The molecular formula is C15H20ClNO3. The maximum atomic E-state index is 12.6. The van der Waals surface area contributed by atoms with E-state index in [2.05, 4.69) is 0 Å². The summed E-state index contributed by atoms with van der Waals surface area (Å²) in [5, 5.41) is 10.7. The molecule has 1 amide bonds. The van der Waals surface area contributed by atoms with Crippen molar-refractivity contribution in [3.05, 3.63) is 28.8 Å². The Balaban J connectivity index is 2.27. The molecule has 5 heteroatoms. The first-order valence-corrected chi connectivity index (χ1v) is 7.09. The highest BCUT2D eigenvalue weighted by molar-refractivity contribution is 6.32. The number of carbonyl (C=O) groups excluding carboxylic acids is 1. The van der Waals surface area contributed by atoms with Gasteiger partial charge >= 0.3 is 0 Å². The lowest BCUT2D eigenvalue weighted by atomic mass is 9.96. The van der Waals surface area contributed by atoms with Crippen molar-refractivity contribution < 1.29 is 14.6 Å². The number of nitrogens with zero attached hydrogens (tertiary/aromatic N) is 1. The zero-order valence-electron chi connectivity index (χ0n) is 12.0. The van der Waals surface area contributed by atoms with E-state index >= 15 is 0 Å². The van der Waals surface area contributed by atoms with Crippen LogP contribution in [0.5, 0.6) is 5.75 Å². The van der Waals surface area contributed by atoms with Crippen LogP contribution >= 0.6 is 11.6 Å². The Labute approximate surface area is 124 Å². The van der Waals surface area contributed by atoms with Crippen molar-refractivity contribution in [2.24, 2.45) is 0 Å². The van der Waals surface area contributed by atoms with Gasteiger partial charge in [-0.15, -0.1) is 0 Å². The predicted molar refractivity (Wildman–Crippen MR) is 78.4 cm³/mol. The van der Waals surface area contributed by atoms with E-state index in [-0.39, 0.29) is 11.9 Å². The van der Waals surface area contributed by atoms with Gasteiger partial charge in [-0.05, 0) is 44.9 Å². The van der Waals surface area contributed by atoms with Gasteiger partial charge < -0.3 is 14.7 Å². The fraction of sp³-hybridized carbons (Fsp3) is 0.533. The molecule has 1 N–H and O–H groups in total. The third-order valence-corrected chi connectivity index (χ3v) is 4.04. The van der Waals surface area contributed by atoms with E-state index in [1.54, 1.807) is 36.9 Å². The predicted octanol–water partition coefficient (Wildman–Crippen LogP) is 2.72. The second-order valence-electron chi connectivity index (χ2n) is 5.66. The van der Waals surface area contributed by atoms with Crippen LogP contribution in [0.25, 0.3) is 0 Å². The minimum Gasteiger partial charge on any atom is -0.495 e. The van der Waals surface area contributed by atoms with Gasteiger partial charge in [0.05, 0.1) is 23.8 Å². The highest BCUT2D eigenvalue weighted by Gasteiger charge is 2.38. The number of ether oxygens (including phenoxy) is 1. The van der Waals surface area contributed by atoms with Crippen LogP contribution in [0.4, 0.5) is 0 Å². The Kier molecular flexibility index (Phi) is 4.25. The second-order valence-corrected chi connectivity index (χ2v) is 6.07. The molecule has 0 unspecified atom stereocenters. The van der Waals surface area contributed by atoms with Gasteiger partial charge in [-0.1, -0.05) is 11.6 Å². The summed E-state index contributed by atoms with van der Waals surface area (Å²) in [4.78, 5) is 14.3. The molecule has 0 saturated carbocycles. The lowest BCUT2D eigenvalue weighted by Gasteiger charge is -2.33. The summed E-state index contributed by atoms with van der Waals surface area (Å²) in [5.41, 5.74) is -0.370. The number of aliphatic hydroxyl groups is 1. The van der Waals surface area contributed by atoms with Crippen molar-refractivity contribution in [3.63, 3.8) is 0 Å². The van der Waals surface area contributed by atoms with Crippen LogP contribution < -0.4 is 4.74 Å². The van der Waals surface area contributed by atoms with Crippen molar-refractivity contribution in [1.82, 2.24) is 4.90 Å². The molecule has 0 radical (unpaired) electrons. The summed E-state index contributed by atoms with van der Waals surface area (Å²) < 4.78 is 5.14. The summed E-state index contributed by atoms with van der Waals surface area (Å²) in [6.45, 7) is 4.15. The molecule has 1 aliphatic rings. The van der Waals surface area contributed by atoms with Crippen LogP contribution in [0.3, 0.4) is 0 Å². The Morgan fingerprint density at radius 2 is 2.20 bits per heavy atom. The third kappa shape index (κ3) is 2.91. The van der Waals surface area contributed by atoms with E-state index in [4.69, 9.17) is 16.3 Å². The molecule has 1 atom stereocenters. The van der Waals surface area contributed by atoms with Gasteiger partial charge in [0.2, 0.25) is 0 Å². The van der Waals surface area contributed by atoms with E-state index < -0.39 is 5.60 Å². The van der Waals surface area contributed by atoms with Gasteiger partial charge in [0.1, 0.15) is 5.75 Å². The molecule has 110 valence electrons. The standard InChI is InChI=1S/C15H20ClNO3/c1-15(2,19)13-5-4-8-17(13)14(18)10-6-7-11(16)12(9-10)20-3/h6-7,9,13,19H,4-5,8H2,1-3H3/t13-/m1/s1. The number of benzene rings is 1. The molecule has 1 heterocycles. The maximum absolute atomic E-state index is 12.6. The van der Waals surface area contributed by atoms with Crippen LogP contribution in [0.2, 0.25) is 5.02 Å². The third-order valence-electron chi connectivity index (χ3n) is 3.73. The molecule has 0 bridgehead atoms. The van der Waals surface area contributed by atoms with Crippen LogP contribution in [0.15, 0.2) is 18.2 Å². The maximum Gasteiger partial charge on any atom is 0.254 e. The summed E-state index contributed by atoms with van der Waals surface area (Å²) in [6.07, 6.45) is 1.73. The summed E-state index contributed by atoms with van der Waals surface area (Å²) in [6, 6.07) is 4.83. The van der Waals surface area contributed by atoms with Crippen molar-refractivity contribution in [3.8, 4) is 5.75 Å². The normalized spacial score (nSPS) is 19.2. The number of hydrogen-bond acceptors (Lipinski definition) is 3. The van der Waals surface area contributed by atoms with Crippen LogP contribution in [0.1, 0.15) is 37.0 Å². The lowest BCUT2D eigenvalue weighted by molar-refractivity contribution is 0.000329. The Bertz CT molecular complexity index is 510. The van der Waals surface area contributed by atoms with Gasteiger partial charge in [0.25, 0.3) is 5.91 Å². The Morgan fingerprint density at radius 3 is 2.80 bits per heavy atom. The second kappa shape index (κ2) is 5.62. The van der Waals surface area contributed by atoms with Crippen LogP contribution in [-0.4, -0.2) is 41.2 Å². The van der Waals surface area contributed by atoms with Gasteiger partial charge in [0.15, 0.2) is 0 Å². The first-order chi connectivity index (χ1) is 9.34. The number of halogens is 1. The summed E-state index contributed by atoms with van der Waals surface area (Å²) in [5.74, 6) is 0.390. The molecule has 1 fully saturated rings. The SMILES string of the molecule is COc1cc(C(=O)N2CCC[C@@H]2C(C)(C)O)ccc1Cl. The molecular weight excluding hydrogens is 278 g/mol. The smallest absolute Gasteiger partial charge is 0.254 e. The summed E-state index contributed by atoms with van der Waals surface area (Å²) in [7, 11) is 1.52. The molecule has 1 saturated heterocycles. The topological polar surface area (TPSA) is 49.8 Å². The first-order valence-electron chi connectivity index (χ1n) is 6.71. The monoisotopic (exact) mass is 297 g/mol. The first kappa shape index (κ1) is 15.1. The highest BCUT2D eigenvalue weighted by atomic mass is 35.5. The van der Waals surface area contributed by atoms with Gasteiger partial charge in [-0.25, -0.2) is 0 Å². The number of rotatable bonds is 3. The number of carbonyl (C=O) groups is 1. The quantitative estimate of drug-likeness (QED) is 0.933. The van der Waals surface area contributed by atoms with Gasteiger partial charge in [0, 0.05) is 12.1 Å². The average molecular weight is 298 g/mol. The number of methoxy groups -OCH3 is 1. The Hall–Kier alpha value is -1.26. The minimum atomic E-state index is -0.900. The number of hydrogen-bond donors (Lipinski definition) is 1. The highest BCUT2D eigenvalue weighted by Crippen LogP contribution is 2.30. The fourth-order valence-electron chi connectivity index (χ4n) is 2.70. The van der Waals surface area contributed by atoms with Crippen molar-refractivity contribution in [2.75, 3.05) is 13.7 Å². The molecule has 0 aromatic heterocycles. The van der Waals surface area contributed by atoms with E-state index in [1.807, 2.05) is 0 Å². The van der Waals surface area contributed by atoms with E-state index in [1.165, 1.54) is 7.11 Å². The van der Waals surface area contributed by atoms with E-state index in [0.717, 1.165) is 12.8 Å². The zero-order valence-corrected chi connectivity index (χ0v) is 12.8. The average Bonchev–Trinajstić information content (AvgIpc) is 2.87. The molecule has 4 nitrogen and oxygen atoms in total. The lowest BCUT2D eigenvalue weighted by Crippen LogP contribution is -2.48. The van der Waals surface area contributed by atoms with Crippen LogP contribution in [-0.2, 0) is 0 Å². The molecule has 0 spiro atoms. The number of likely N-dealkylation sites (tertiary alicyclic amines) is 1. The van der Waals surface area contributed by atoms with Gasteiger partial charge in [-0.3, -0.25) is 4.79 Å². The number of amides is 1. The molecule has 1 aliphatic heterocycles. The van der Waals surface area contributed by atoms with E-state index in [9.17, 15) is 9.90 Å². The minimum absolute atomic E-state index is 0.0930. The van der Waals surface area contributed by atoms with E-state index in [0.29, 0.717) is 22.9 Å². The van der Waals surface area contributed by atoms with Crippen LogP contribution in [0, 0.1) is 0 Å². The van der Waals surface area contributed by atoms with Crippen molar-refractivity contribution in [1.29, 1.82) is 0 Å². The largest absolute Gasteiger partial charge is 0.495 e. The molecule has 2 rings (SSSR count). The zero-order chi connectivity index (χ0) is 14.9. The van der Waals surface area contributed by atoms with Crippen molar-refractivity contribution >= 4 is 17.5 Å². The van der Waals surface area contributed by atoms with Gasteiger partial charge in [-0.2, -0.15) is 0 Å². The molecule has 1 aromatic carbocycles. The molecule has 0 aliphatic carbocycles. The molecule has 1 aromatic rings. The molecule has 20 heavy (non-hydrogen) atoms. The summed E-state index contributed by atoms with van der Waals surface area (Å²) >= 11 is 5.97.